The summed E-state index contributed by atoms with van der Waals surface area (Å²) in [6.07, 6.45) is 0.733. The van der Waals surface area contributed by atoms with Crippen LogP contribution in [0.25, 0.3) is 0 Å². The Hall–Kier alpha value is -1.63. The molecule has 0 atom stereocenters. The van der Waals surface area contributed by atoms with Crippen LogP contribution in [0.3, 0.4) is 0 Å². The van der Waals surface area contributed by atoms with Crippen molar-refractivity contribution in [1.29, 1.82) is 0 Å². The second-order valence-corrected chi connectivity index (χ2v) is 9.80. The lowest BCUT2D eigenvalue weighted by atomic mass is 10.1. The highest BCUT2D eigenvalue weighted by Crippen LogP contribution is 2.15. The minimum atomic E-state index is -3.18. The van der Waals surface area contributed by atoms with Crippen LogP contribution in [-0.4, -0.2) is 44.5 Å². The normalized spacial score (nSPS) is 13.0. The number of hydrogen-bond acceptors (Lipinski definition) is 3. The van der Waals surface area contributed by atoms with Crippen molar-refractivity contribution in [3.05, 3.63) is 35.1 Å². The number of aryl methyl sites for hydroxylation is 1. The van der Waals surface area contributed by atoms with E-state index in [1.54, 1.807) is 26.8 Å². The van der Waals surface area contributed by atoms with E-state index in [0.29, 0.717) is 19.0 Å². The van der Waals surface area contributed by atoms with Crippen LogP contribution in [-0.2, 0) is 16.3 Å². The lowest BCUT2D eigenvalue weighted by molar-refractivity contribution is 0.560. The molecule has 1 aromatic carbocycles. The van der Waals surface area contributed by atoms with Crippen LogP contribution in [0.5, 0.6) is 0 Å². The Morgan fingerprint density at radius 3 is 2.48 bits per heavy atom. The smallest absolute Gasteiger partial charge is 0.191 e. The molecular weight excluding hydrogens is 341 g/mol. The van der Waals surface area contributed by atoms with Gasteiger partial charge in [0.2, 0.25) is 0 Å². The first-order valence-electron chi connectivity index (χ1n) is 8.56. The van der Waals surface area contributed by atoms with Gasteiger partial charge in [-0.2, -0.15) is 0 Å². The predicted molar refractivity (Wildman–Crippen MR) is 102 cm³/mol. The molecule has 0 fully saturated rings. The van der Waals surface area contributed by atoms with Gasteiger partial charge < -0.3 is 10.6 Å². The average molecular weight is 372 g/mol. The van der Waals surface area contributed by atoms with Gasteiger partial charge in [-0.15, -0.1) is 0 Å². The molecule has 2 N–H and O–H groups in total. The highest BCUT2D eigenvalue weighted by atomic mass is 32.2. The van der Waals surface area contributed by atoms with Crippen molar-refractivity contribution in [3.8, 4) is 0 Å². The Balaban J connectivity index is 2.59. The second kappa shape index (κ2) is 9.17. The third-order valence-corrected chi connectivity index (χ3v) is 6.48. The van der Waals surface area contributed by atoms with Gasteiger partial charge in [0.1, 0.15) is 5.82 Å². The monoisotopic (exact) mass is 371 g/mol. The summed E-state index contributed by atoms with van der Waals surface area (Å²) in [5.41, 5.74) is 1.99. The van der Waals surface area contributed by atoms with Gasteiger partial charge in [0.05, 0.1) is 17.0 Å². The Kier molecular flexibility index (Phi) is 7.86. The highest BCUT2D eigenvalue weighted by molar-refractivity contribution is 7.92. The minimum Gasteiger partial charge on any atom is -0.357 e. The zero-order valence-electron chi connectivity index (χ0n) is 15.8. The second-order valence-electron chi connectivity index (χ2n) is 6.94. The van der Waals surface area contributed by atoms with E-state index in [4.69, 9.17) is 0 Å². The molecule has 0 spiro atoms. The Bertz CT molecular complexity index is 695. The number of halogens is 1. The zero-order valence-corrected chi connectivity index (χ0v) is 16.6. The van der Waals surface area contributed by atoms with Crippen LogP contribution in [0.4, 0.5) is 4.39 Å². The Labute approximate surface area is 151 Å². The summed E-state index contributed by atoms with van der Waals surface area (Å²) in [4.78, 5) is 4.34. The fourth-order valence-electron chi connectivity index (χ4n) is 2.18. The maximum atomic E-state index is 13.1. The number of benzene rings is 1. The van der Waals surface area contributed by atoms with E-state index < -0.39 is 14.6 Å². The SMILES string of the molecule is CCNC(=NCCS(=O)(=O)C(C)(C)C)NCCc1ccc(F)cc1C. The summed E-state index contributed by atoms with van der Waals surface area (Å²) < 4.78 is 36.6. The number of hydrogen-bond donors (Lipinski definition) is 2. The van der Waals surface area contributed by atoms with Crippen LogP contribution in [0.1, 0.15) is 38.8 Å². The zero-order chi connectivity index (χ0) is 19.1. The van der Waals surface area contributed by atoms with Crippen LogP contribution in [0, 0.1) is 12.7 Å². The maximum Gasteiger partial charge on any atom is 0.191 e. The molecule has 142 valence electrons. The minimum absolute atomic E-state index is 0.0180. The largest absolute Gasteiger partial charge is 0.357 e. The maximum absolute atomic E-state index is 13.1. The molecule has 0 saturated heterocycles. The first kappa shape index (κ1) is 21.4. The van der Waals surface area contributed by atoms with Gasteiger partial charge in [0.15, 0.2) is 15.8 Å². The molecule has 0 aliphatic heterocycles. The standard InChI is InChI=1S/C18H30FN3O2S/c1-6-20-17(22-11-12-25(23,24)18(3,4)5)21-10-9-15-7-8-16(19)13-14(15)2/h7-8,13H,6,9-12H2,1-5H3,(H2,20,21,22). The summed E-state index contributed by atoms with van der Waals surface area (Å²) in [6.45, 7) is 10.5. The predicted octanol–water partition coefficient (Wildman–Crippen LogP) is 2.45. The van der Waals surface area contributed by atoms with Crippen molar-refractivity contribution in [2.45, 2.75) is 45.8 Å². The third kappa shape index (κ3) is 7.02. The molecule has 25 heavy (non-hydrogen) atoms. The number of rotatable bonds is 7. The number of aliphatic imine (C=N–C) groups is 1. The quantitative estimate of drug-likeness (QED) is 0.570. The molecule has 0 aliphatic rings. The number of guanidine groups is 1. The molecule has 5 nitrogen and oxygen atoms in total. The van der Waals surface area contributed by atoms with Crippen molar-refractivity contribution in [2.75, 3.05) is 25.4 Å². The molecule has 0 aliphatic carbocycles. The van der Waals surface area contributed by atoms with Crippen molar-refractivity contribution in [3.63, 3.8) is 0 Å². The van der Waals surface area contributed by atoms with Crippen LogP contribution in [0.2, 0.25) is 0 Å². The lowest BCUT2D eigenvalue weighted by Crippen LogP contribution is -2.39. The van der Waals surface area contributed by atoms with Gasteiger partial charge in [0, 0.05) is 13.1 Å². The van der Waals surface area contributed by atoms with Gasteiger partial charge in [0.25, 0.3) is 0 Å². The molecule has 0 heterocycles. The summed E-state index contributed by atoms with van der Waals surface area (Å²) in [5.74, 6) is 0.375. The Morgan fingerprint density at radius 2 is 1.92 bits per heavy atom. The van der Waals surface area contributed by atoms with E-state index >= 15 is 0 Å². The van der Waals surface area contributed by atoms with Gasteiger partial charge >= 0.3 is 0 Å². The van der Waals surface area contributed by atoms with Crippen molar-refractivity contribution < 1.29 is 12.8 Å². The Morgan fingerprint density at radius 1 is 1.24 bits per heavy atom. The summed E-state index contributed by atoms with van der Waals surface area (Å²) in [6, 6.07) is 4.76. The molecule has 7 heteroatoms. The van der Waals surface area contributed by atoms with E-state index in [-0.39, 0.29) is 18.1 Å². The average Bonchev–Trinajstić information content (AvgIpc) is 2.48. The molecule has 0 unspecified atom stereocenters. The van der Waals surface area contributed by atoms with E-state index in [1.807, 2.05) is 13.8 Å². The molecule has 0 amide bonds. The van der Waals surface area contributed by atoms with E-state index in [1.165, 1.54) is 12.1 Å². The van der Waals surface area contributed by atoms with Crippen molar-refractivity contribution in [2.24, 2.45) is 4.99 Å². The van der Waals surface area contributed by atoms with Crippen LogP contribution >= 0.6 is 0 Å². The highest BCUT2D eigenvalue weighted by Gasteiger charge is 2.28. The van der Waals surface area contributed by atoms with Gasteiger partial charge in [-0.25, -0.2) is 12.8 Å². The molecule has 1 rings (SSSR count). The fourth-order valence-corrected chi connectivity index (χ4v) is 3.12. The van der Waals surface area contributed by atoms with E-state index in [2.05, 4.69) is 15.6 Å². The molecule has 0 saturated carbocycles. The topological polar surface area (TPSA) is 70.6 Å². The van der Waals surface area contributed by atoms with Crippen molar-refractivity contribution in [1.82, 2.24) is 10.6 Å². The molecular formula is C18H30FN3O2S. The first-order valence-corrected chi connectivity index (χ1v) is 10.2. The number of sulfone groups is 1. The summed E-state index contributed by atoms with van der Waals surface area (Å²) in [7, 11) is -3.18. The molecule has 0 bridgehead atoms. The van der Waals surface area contributed by atoms with Crippen LogP contribution < -0.4 is 10.6 Å². The fraction of sp³-hybridized carbons (Fsp3) is 0.611. The first-order chi connectivity index (χ1) is 11.6. The third-order valence-electron chi connectivity index (χ3n) is 3.90. The number of nitrogens with one attached hydrogen (secondary N) is 2. The number of nitrogens with zero attached hydrogens (tertiary/aromatic N) is 1. The molecule has 0 radical (unpaired) electrons. The molecule has 1 aromatic rings. The van der Waals surface area contributed by atoms with Gasteiger partial charge in [-0.3, -0.25) is 4.99 Å². The van der Waals surface area contributed by atoms with E-state index in [9.17, 15) is 12.8 Å². The lowest BCUT2D eigenvalue weighted by Gasteiger charge is -2.18. The summed E-state index contributed by atoms with van der Waals surface area (Å²) in [5, 5.41) is 6.29. The van der Waals surface area contributed by atoms with E-state index in [0.717, 1.165) is 17.5 Å². The van der Waals surface area contributed by atoms with Crippen molar-refractivity contribution >= 4 is 15.8 Å². The van der Waals surface area contributed by atoms with Crippen LogP contribution in [0.15, 0.2) is 23.2 Å². The molecule has 0 aromatic heterocycles. The van der Waals surface area contributed by atoms with Gasteiger partial charge in [-0.1, -0.05) is 6.07 Å². The summed E-state index contributed by atoms with van der Waals surface area (Å²) >= 11 is 0. The van der Waals surface area contributed by atoms with Gasteiger partial charge in [-0.05, 0) is 64.3 Å².